The monoisotopic (exact) mass is 283 g/mol. The highest BCUT2D eigenvalue weighted by Crippen LogP contribution is 2.32. The maximum absolute atomic E-state index is 12.1. The summed E-state index contributed by atoms with van der Waals surface area (Å²) in [5.74, 6) is 0.698. The predicted molar refractivity (Wildman–Crippen MR) is 80.0 cm³/mol. The molecule has 0 fully saturated rings. The normalized spacial score (nSPS) is 14.0. The third-order valence-corrected chi connectivity index (χ3v) is 3.55. The Balaban J connectivity index is 1.83. The van der Waals surface area contributed by atoms with Crippen LogP contribution in [0, 0.1) is 0 Å². The average Bonchev–Trinajstić information content (AvgIpc) is 2.54. The number of amides is 1. The third-order valence-electron chi connectivity index (χ3n) is 3.55. The lowest BCUT2D eigenvalue weighted by Gasteiger charge is -2.28. The number of methoxy groups -OCH3 is 1. The second kappa shape index (κ2) is 5.97. The van der Waals surface area contributed by atoms with Crippen LogP contribution in [0.15, 0.2) is 48.5 Å². The number of aryl methyl sites for hydroxylation is 1. The van der Waals surface area contributed by atoms with Gasteiger partial charge in [0.2, 0.25) is 0 Å². The number of hydrogen-bond acceptors (Lipinski definition) is 3. The van der Waals surface area contributed by atoms with E-state index in [4.69, 9.17) is 9.57 Å². The first-order valence-corrected chi connectivity index (χ1v) is 6.94. The zero-order valence-corrected chi connectivity index (χ0v) is 11.9. The van der Waals surface area contributed by atoms with Crippen LogP contribution in [0.25, 0.3) is 0 Å². The maximum atomic E-state index is 12.1. The van der Waals surface area contributed by atoms with Crippen molar-refractivity contribution < 1.29 is 14.4 Å². The molecule has 2 aromatic carbocycles. The molecule has 0 aliphatic carbocycles. The molecular formula is C17H17NO3. The summed E-state index contributed by atoms with van der Waals surface area (Å²) >= 11 is 0. The van der Waals surface area contributed by atoms with Crippen molar-refractivity contribution >= 4 is 11.6 Å². The summed E-state index contributed by atoms with van der Waals surface area (Å²) in [7, 11) is 1.61. The van der Waals surface area contributed by atoms with Crippen molar-refractivity contribution in [2.24, 2.45) is 0 Å². The van der Waals surface area contributed by atoms with Gasteiger partial charge in [0, 0.05) is 12.5 Å². The van der Waals surface area contributed by atoms with Crippen molar-refractivity contribution in [3.8, 4) is 5.75 Å². The molecule has 1 amide bonds. The summed E-state index contributed by atoms with van der Waals surface area (Å²) in [5, 5.41) is 1.40. The molecule has 21 heavy (non-hydrogen) atoms. The molecule has 0 spiro atoms. The van der Waals surface area contributed by atoms with Gasteiger partial charge in [-0.3, -0.25) is 9.63 Å². The molecule has 0 saturated carbocycles. The van der Waals surface area contributed by atoms with Crippen molar-refractivity contribution in [3.63, 3.8) is 0 Å². The Hall–Kier alpha value is -2.33. The Morgan fingerprint density at radius 2 is 1.90 bits per heavy atom. The van der Waals surface area contributed by atoms with Gasteiger partial charge >= 0.3 is 0 Å². The van der Waals surface area contributed by atoms with Crippen LogP contribution in [0.3, 0.4) is 0 Å². The molecule has 4 nitrogen and oxygen atoms in total. The Labute approximate surface area is 123 Å². The van der Waals surface area contributed by atoms with E-state index >= 15 is 0 Å². The van der Waals surface area contributed by atoms with Crippen molar-refractivity contribution in [1.82, 2.24) is 0 Å². The largest absolute Gasteiger partial charge is 0.497 e. The molecule has 3 rings (SSSR count). The number of anilines is 1. The summed E-state index contributed by atoms with van der Waals surface area (Å²) in [4.78, 5) is 17.9. The number of carbonyl (C=O) groups excluding carboxylic acids is 1. The molecule has 4 heteroatoms. The van der Waals surface area contributed by atoms with E-state index in [0.29, 0.717) is 13.0 Å². The standard InChI is InChI=1S/C17H17NO3/c1-20-15-9-7-14-8-10-17(19)18(16(14)11-15)21-12-13-5-3-2-4-6-13/h2-7,9,11H,8,10,12H2,1H3. The van der Waals surface area contributed by atoms with Crippen LogP contribution < -0.4 is 9.80 Å². The summed E-state index contributed by atoms with van der Waals surface area (Å²) in [5.41, 5.74) is 2.91. The van der Waals surface area contributed by atoms with Gasteiger partial charge in [0.15, 0.2) is 0 Å². The molecule has 0 N–H and O–H groups in total. The molecule has 0 atom stereocenters. The van der Waals surface area contributed by atoms with E-state index < -0.39 is 0 Å². The zero-order valence-electron chi connectivity index (χ0n) is 11.9. The second-order valence-electron chi connectivity index (χ2n) is 4.94. The van der Waals surface area contributed by atoms with Gasteiger partial charge in [-0.2, -0.15) is 5.06 Å². The van der Waals surface area contributed by atoms with Gasteiger partial charge in [-0.05, 0) is 23.6 Å². The molecule has 0 aromatic heterocycles. The molecule has 0 unspecified atom stereocenters. The number of rotatable bonds is 4. The highest BCUT2D eigenvalue weighted by Gasteiger charge is 2.25. The number of hydrogen-bond donors (Lipinski definition) is 0. The lowest BCUT2D eigenvalue weighted by Crippen LogP contribution is -2.35. The third kappa shape index (κ3) is 2.90. The number of nitrogens with zero attached hydrogens (tertiary/aromatic N) is 1. The summed E-state index contributed by atoms with van der Waals surface area (Å²) in [6.07, 6.45) is 1.21. The number of ether oxygens (including phenoxy) is 1. The Morgan fingerprint density at radius 1 is 1.10 bits per heavy atom. The second-order valence-corrected chi connectivity index (χ2v) is 4.94. The van der Waals surface area contributed by atoms with Gasteiger partial charge in [-0.15, -0.1) is 0 Å². The zero-order chi connectivity index (χ0) is 14.7. The summed E-state index contributed by atoms with van der Waals surface area (Å²) in [6, 6.07) is 15.5. The first-order valence-electron chi connectivity index (χ1n) is 6.94. The maximum Gasteiger partial charge on any atom is 0.251 e. The fourth-order valence-corrected chi connectivity index (χ4v) is 2.40. The Kier molecular flexibility index (Phi) is 3.88. The first kappa shape index (κ1) is 13.6. The van der Waals surface area contributed by atoms with E-state index in [2.05, 4.69) is 0 Å². The van der Waals surface area contributed by atoms with Crippen LogP contribution in [0.2, 0.25) is 0 Å². The van der Waals surface area contributed by atoms with E-state index in [1.165, 1.54) is 5.06 Å². The van der Waals surface area contributed by atoms with Crippen LogP contribution >= 0.6 is 0 Å². The SMILES string of the molecule is COc1ccc2c(c1)N(OCc1ccccc1)C(=O)CC2. The van der Waals surface area contributed by atoms with Crippen molar-refractivity contribution in [1.29, 1.82) is 0 Å². The average molecular weight is 283 g/mol. The van der Waals surface area contributed by atoms with Crippen molar-refractivity contribution in [2.45, 2.75) is 19.4 Å². The lowest BCUT2D eigenvalue weighted by molar-refractivity contribution is -0.127. The van der Waals surface area contributed by atoms with Crippen LogP contribution in [-0.2, 0) is 22.7 Å². The highest BCUT2D eigenvalue weighted by molar-refractivity contribution is 5.94. The first-order chi connectivity index (χ1) is 10.3. The quantitative estimate of drug-likeness (QED) is 0.865. The molecule has 0 bridgehead atoms. The van der Waals surface area contributed by atoms with Gasteiger partial charge in [0.25, 0.3) is 5.91 Å². The minimum Gasteiger partial charge on any atom is -0.497 e. The van der Waals surface area contributed by atoms with Gasteiger partial charge in [0.05, 0.1) is 12.8 Å². The molecule has 1 aliphatic heterocycles. The van der Waals surface area contributed by atoms with Crippen LogP contribution in [-0.4, -0.2) is 13.0 Å². The van der Waals surface area contributed by atoms with Gasteiger partial charge in [0.1, 0.15) is 12.4 Å². The van der Waals surface area contributed by atoms with Crippen LogP contribution in [0.4, 0.5) is 5.69 Å². The van der Waals surface area contributed by atoms with Crippen LogP contribution in [0.1, 0.15) is 17.5 Å². The summed E-state index contributed by atoms with van der Waals surface area (Å²) < 4.78 is 5.23. The van der Waals surface area contributed by atoms with E-state index in [-0.39, 0.29) is 5.91 Å². The summed E-state index contributed by atoms with van der Waals surface area (Å²) in [6.45, 7) is 0.364. The Morgan fingerprint density at radius 3 is 2.67 bits per heavy atom. The topological polar surface area (TPSA) is 38.8 Å². The van der Waals surface area contributed by atoms with E-state index in [0.717, 1.165) is 29.0 Å². The van der Waals surface area contributed by atoms with E-state index in [9.17, 15) is 4.79 Å². The van der Waals surface area contributed by atoms with Gasteiger partial charge in [-0.25, -0.2) is 0 Å². The highest BCUT2D eigenvalue weighted by atomic mass is 16.7. The smallest absolute Gasteiger partial charge is 0.251 e. The van der Waals surface area contributed by atoms with E-state index in [1.54, 1.807) is 7.11 Å². The van der Waals surface area contributed by atoms with Crippen LogP contribution in [0.5, 0.6) is 5.75 Å². The lowest BCUT2D eigenvalue weighted by atomic mass is 10.0. The predicted octanol–water partition coefficient (Wildman–Crippen LogP) is 3.11. The molecule has 108 valence electrons. The van der Waals surface area contributed by atoms with Gasteiger partial charge in [-0.1, -0.05) is 36.4 Å². The number of hydroxylamine groups is 1. The number of fused-ring (bicyclic) bond motifs is 1. The van der Waals surface area contributed by atoms with Crippen molar-refractivity contribution in [2.75, 3.05) is 12.2 Å². The van der Waals surface area contributed by atoms with Gasteiger partial charge < -0.3 is 4.74 Å². The molecule has 0 radical (unpaired) electrons. The minimum atomic E-state index is -0.0216. The van der Waals surface area contributed by atoms with E-state index in [1.807, 2.05) is 48.5 Å². The fourth-order valence-electron chi connectivity index (χ4n) is 2.40. The number of carbonyl (C=O) groups is 1. The minimum absolute atomic E-state index is 0.0216. The molecule has 2 aromatic rings. The molecule has 1 heterocycles. The number of benzene rings is 2. The van der Waals surface area contributed by atoms with Crippen molar-refractivity contribution in [3.05, 3.63) is 59.7 Å². The molecule has 1 aliphatic rings. The molecule has 0 saturated heterocycles. The Bertz CT molecular complexity index is 640. The molecular weight excluding hydrogens is 266 g/mol. The fraction of sp³-hybridized carbons (Fsp3) is 0.235.